The van der Waals surface area contributed by atoms with Gasteiger partial charge in [0.25, 0.3) is 0 Å². The minimum absolute atomic E-state index is 0.217. The van der Waals surface area contributed by atoms with Gasteiger partial charge in [0.05, 0.1) is 0 Å². The molecular formula is C16H25NO. The largest absolute Gasteiger partial charge is 0.489 e. The van der Waals surface area contributed by atoms with Crippen LogP contribution in [0.25, 0.3) is 0 Å². The third-order valence-electron chi connectivity index (χ3n) is 3.47. The number of rotatable bonds is 5. The maximum absolute atomic E-state index is 5.97. The predicted molar refractivity (Wildman–Crippen MR) is 76.3 cm³/mol. The highest BCUT2D eigenvalue weighted by atomic mass is 16.5. The van der Waals surface area contributed by atoms with Gasteiger partial charge < -0.3 is 10.1 Å². The predicted octanol–water partition coefficient (Wildman–Crippen LogP) is 3.33. The number of aryl methyl sites for hydroxylation is 2. The molecule has 0 saturated heterocycles. The Morgan fingerprint density at radius 1 is 1.11 bits per heavy atom. The van der Waals surface area contributed by atoms with Crippen molar-refractivity contribution in [1.82, 2.24) is 5.32 Å². The Morgan fingerprint density at radius 2 is 1.83 bits per heavy atom. The number of ether oxygens (including phenoxy) is 1. The third-order valence-corrected chi connectivity index (χ3v) is 3.47. The lowest BCUT2D eigenvalue weighted by Crippen LogP contribution is -2.33. The molecule has 0 amide bonds. The van der Waals surface area contributed by atoms with E-state index >= 15 is 0 Å². The standard InChI is InChI=1S/C16H25NO/c1-12(2)17-11-13(3)18-16-9-8-14-6-4-5-7-15(14)10-16/h8-10,12-13,17H,4-7,11H2,1-3H3. The zero-order valence-electron chi connectivity index (χ0n) is 11.8. The number of hydrogen-bond donors (Lipinski definition) is 1. The van der Waals surface area contributed by atoms with Crippen LogP contribution in [0.3, 0.4) is 0 Å². The second-order valence-corrected chi connectivity index (χ2v) is 5.63. The van der Waals surface area contributed by atoms with E-state index in [0.717, 1.165) is 12.3 Å². The molecule has 18 heavy (non-hydrogen) atoms. The molecule has 1 aliphatic carbocycles. The molecule has 0 saturated carbocycles. The molecule has 0 aromatic heterocycles. The minimum atomic E-state index is 0.217. The molecule has 1 atom stereocenters. The van der Waals surface area contributed by atoms with Gasteiger partial charge in [-0.1, -0.05) is 19.9 Å². The second kappa shape index (κ2) is 6.24. The Hall–Kier alpha value is -1.02. The number of nitrogens with one attached hydrogen (secondary N) is 1. The van der Waals surface area contributed by atoms with Crippen LogP contribution >= 0.6 is 0 Å². The number of fused-ring (bicyclic) bond motifs is 1. The second-order valence-electron chi connectivity index (χ2n) is 5.63. The molecule has 2 nitrogen and oxygen atoms in total. The molecule has 1 aromatic carbocycles. The molecule has 1 aromatic rings. The van der Waals surface area contributed by atoms with E-state index in [1.807, 2.05) is 0 Å². The Bertz CT molecular complexity index is 387. The Morgan fingerprint density at radius 3 is 2.56 bits per heavy atom. The summed E-state index contributed by atoms with van der Waals surface area (Å²) in [6.45, 7) is 7.33. The van der Waals surface area contributed by atoms with Crippen LogP contribution in [0.4, 0.5) is 0 Å². The summed E-state index contributed by atoms with van der Waals surface area (Å²) >= 11 is 0. The van der Waals surface area contributed by atoms with Crippen molar-refractivity contribution in [2.75, 3.05) is 6.54 Å². The first-order chi connectivity index (χ1) is 8.65. The zero-order chi connectivity index (χ0) is 13.0. The number of benzene rings is 1. The minimum Gasteiger partial charge on any atom is -0.489 e. The van der Waals surface area contributed by atoms with Crippen LogP contribution in [0.15, 0.2) is 18.2 Å². The molecular weight excluding hydrogens is 222 g/mol. The fourth-order valence-corrected chi connectivity index (χ4v) is 2.46. The van der Waals surface area contributed by atoms with Crippen LogP contribution in [0.1, 0.15) is 44.7 Å². The van der Waals surface area contributed by atoms with E-state index in [1.54, 1.807) is 0 Å². The maximum Gasteiger partial charge on any atom is 0.120 e. The summed E-state index contributed by atoms with van der Waals surface area (Å²) in [6.07, 6.45) is 5.32. The lowest BCUT2D eigenvalue weighted by Gasteiger charge is -2.20. The van der Waals surface area contributed by atoms with Crippen LogP contribution in [-0.2, 0) is 12.8 Å². The molecule has 2 rings (SSSR count). The fraction of sp³-hybridized carbons (Fsp3) is 0.625. The molecule has 2 heteroatoms. The third kappa shape index (κ3) is 3.74. The van der Waals surface area contributed by atoms with Crippen molar-refractivity contribution in [3.8, 4) is 5.75 Å². The zero-order valence-corrected chi connectivity index (χ0v) is 11.8. The van der Waals surface area contributed by atoms with E-state index in [9.17, 15) is 0 Å². The Balaban J connectivity index is 1.93. The highest BCUT2D eigenvalue weighted by molar-refractivity contribution is 5.37. The van der Waals surface area contributed by atoms with Gasteiger partial charge >= 0.3 is 0 Å². The average molecular weight is 247 g/mol. The van der Waals surface area contributed by atoms with Gasteiger partial charge in [-0.15, -0.1) is 0 Å². The van der Waals surface area contributed by atoms with Gasteiger partial charge in [0, 0.05) is 12.6 Å². The summed E-state index contributed by atoms with van der Waals surface area (Å²) in [6, 6.07) is 7.11. The van der Waals surface area contributed by atoms with E-state index in [2.05, 4.69) is 44.3 Å². The summed E-state index contributed by atoms with van der Waals surface area (Å²) in [4.78, 5) is 0. The molecule has 0 spiro atoms. The van der Waals surface area contributed by atoms with Crippen LogP contribution in [0.5, 0.6) is 5.75 Å². The monoisotopic (exact) mass is 247 g/mol. The van der Waals surface area contributed by atoms with Crippen LogP contribution < -0.4 is 10.1 Å². The van der Waals surface area contributed by atoms with Crippen molar-refractivity contribution in [2.45, 2.75) is 58.6 Å². The molecule has 0 heterocycles. The first kappa shape index (κ1) is 13.4. The first-order valence-electron chi connectivity index (χ1n) is 7.17. The van der Waals surface area contributed by atoms with Gasteiger partial charge in [-0.05, 0) is 55.9 Å². The quantitative estimate of drug-likeness (QED) is 0.861. The van der Waals surface area contributed by atoms with E-state index < -0.39 is 0 Å². The Labute approximate surface area is 111 Å². The van der Waals surface area contributed by atoms with Crippen LogP contribution in [0, 0.1) is 0 Å². The van der Waals surface area contributed by atoms with E-state index in [4.69, 9.17) is 4.74 Å². The van der Waals surface area contributed by atoms with Crippen molar-refractivity contribution in [3.05, 3.63) is 29.3 Å². The summed E-state index contributed by atoms with van der Waals surface area (Å²) in [5.41, 5.74) is 3.00. The van der Waals surface area contributed by atoms with Crippen molar-refractivity contribution in [2.24, 2.45) is 0 Å². The van der Waals surface area contributed by atoms with Crippen molar-refractivity contribution in [1.29, 1.82) is 0 Å². The molecule has 0 fully saturated rings. The molecule has 0 radical (unpaired) electrons. The summed E-state index contributed by atoms with van der Waals surface area (Å²) < 4.78 is 5.97. The summed E-state index contributed by atoms with van der Waals surface area (Å²) in [5.74, 6) is 1.02. The van der Waals surface area contributed by atoms with Gasteiger partial charge in [0.2, 0.25) is 0 Å². The highest BCUT2D eigenvalue weighted by Crippen LogP contribution is 2.25. The van der Waals surface area contributed by atoms with E-state index in [1.165, 1.54) is 36.8 Å². The van der Waals surface area contributed by atoms with Gasteiger partial charge in [0.1, 0.15) is 11.9 Å². The normalized spacial score (nSPS) is 16.4. The molecule has 0 aliphatic heterocycles. The molecule has 0 bridgehead atoms. The van der Waals surface area contributed by atoms with Crippen LogP contribution in [-0.4, -0.2) is 18.7 Å². The molecule has 1 aliphatic rings. The maximum atomic E-state index is 5.97. The SMILES string of the molecule is CC(C)NCC(C)Oc1ccc2c(c1)CCCC2. The van der Waals surface area contributed by atoms with Gasteiger partial charge in [-0.3, -0.25) is 0 Å². The van der Waals surface area contributed by atoms with Crippen molar-refractivity contribution in [3.63, 3.8) is 0 Å². The first-order valence-corrected chi connectivity index (χ1v) is 7.17. The lowest BCUT2D eigenvalue weighted by molar-refractivity contribution is 0.213. The van der Waals surface area contributed by atoms with Gasteiger partial charge in [-0.25, -0.2) is 0 Å². The highest BCUT2D eigenvalue weighted by Gasteiger charge is 2.11. The molecule has 100 valence electrons. The van der Waals surface area contributed by atoms with Crippen molar-refractivity contribution >= 4 is 0 Å². The molecule has 1 N–H and O–H groups in total. The van der Waals surface area contributed by atoms with Gasteiger partial charge in [0.15, 0.2) is 0 Å². The summed E-state index contributed by atoms with van der Waals surface area (Å²) in [7, 11) is 0. The average Bonchev–Trinajstić information content (AvgIpc) is 2.36. The van der Waals surface area contributed by atoms with Gasteiger partial charge in [-0.2, -0.15) is 0 Å². The van der Waals surface area contributed by atoms with E-state index in [0.29, 0.717) is 6.04 Å². The smallest absolute Gasteiger partial charge is 0.120 e. The fourth-order valence-electron chi connectivity index (χ4n) is 2.46. The lowest BCUT2D eigenvalue weighted by atomic mass is 9.92. The van der Waals surface area contributed by atoms with E-state index in [-0.39, 0.29) is 6.10 Å². The topological polar surface area (TPSA) is 21.3 Å². The van der Waals surface area contributed by atoms with Crippen LogP contribution in [0.2, 0.25) is 0 Å². The Kier molecular flexibility index (Phi) is 4.65. The molecule has 1 unspecified atom stereocenters. The van der Waals surface area contributed by atoms with Crippen molar-refractivity contribution < 1.29 is 4.74 Å². The number of hydrogen-bond acceptors (Lipinski definition) is 2. The summed E-state index contributed by atoms with van der Waals surface area (Å²) in [5, 5.41) is 3.40.